The molecule has 0 spiro atoms. The van der Waals surface area contributed by atoms with Crippen LogP contribution in [0.3, 0.4) is 0 Å². The van der Waals surface area contributed by atoms with Gasteiger partial charge in [0.2, 0.25) is 5.91 Å². The van der Waals surface area contributed by atoms with Gasteiger partial charge in [-0.2, -0.15) is 0 Å². The smallest absolute Gasteiger partial charge is 0.339 e. The van der Waals surface area contributed by atoms with Crippen LogP contribution in [0.5, 0.6) is 0 Å². The van der Waals surface area contributed by atoms with Gasteiger partial charge in [-0.1, -0.05) is 37.1 Å². The number of hydrogen-bond donors (Lipinski definition) is 1. The van der Waals surface area contributed by atoms with Gasteiger partial charge in [0.1, 0.15) is 18.1 Å². The zero-order chi connectivity index (χ0) is 29.5. The summed E-state index contributed by atoms with van der Waals surface area (Å²) in [7, 11) is 1.30. The van der Waals surface area contributed by atoms with Gasteiger partial charge in [-0.05, 0) is 60.6 Å². The van der Waals surface area contributed by atoms with E-state index in [4.69, 9.17) is 25.5 Å². The highest BCUT2D eigenvalue weighted by Gasteiger charge is 2.36. The minimum Gasteiger partial charge on any atom is -0.465 e. The Hall–Kier alpha value is -4.35. The quantitative estimate of drug-likeness (QED) is 0.169. The number of esters is 2. The highest BCUT2D eigenvalue weighted by molar-refractivity contribution is 8.18. The number of hydrogen-bond acceptors (Lipinski definition) is 9. The Bertz CT molecular complexity index is 1530. The van der Waals surface area contributed by atoms with Crippen LogP contribution in [0.15, 0.2) is 63.9 Å². The molecule has 1 saturated heterocycles. The van der Waals surface area contributed by atoms with Gasteiger partial charge in [0.05, 0.1) is 34.8 Å². The number of carbonyl (C=O) groups excluding carboxylic acids is 5. The van der Waals surface area contributed by atoms with E-state index < -0.39 is 35.5 Å². The fraction of sp³-hybridized carbons (Fsp3) is 0.207. The lowest BCUT2D eigenvalue weighted by molar-refractivity contribution is -0.127. The first kappa shape index (κ1) is 29.6. The SMILES string of the molecule is CCCCOC(=O)c1cc(NC(=O)CN2C(=O)S/C(=C/c3ccc(-c4ccc(C(=O)OC)cc4)o3)C2=O)ccc1Cl. The predicted octanol–water partition coefficient (Wildman–Crippen LogP) is 6.02. The molecule has 4 rings (SSSR count). The largest absolute Gasteiger partial charge is 0.465 e. The molecule has 12 heteroatoms. The third-order valence-corrected chi connectivity index (χ3v) is 7.10. The van der Waals surface area contributed by atoms with Gasteiger partial charge < -0.3 is 19.2 Å². The molecule has 41 heavy (non-hydrogen) atoms. The number of nitrogens with zero attached hydrogens (tertiary/aromatic N) is 1. The van der Waals surface area contributed by atoms with E-state index in [1.54, 1.807) is 36.4 Å². The van der Waals surface area contributed by atoms with E-state index in [1.807, 2.05) is 6.92 Å². The summed E-state index contributed by atoms with van der Waals surface area (Å²) >= 11 is 6.80. The summed E-state index contributed by atoms with van der Waals surface area (Å²) in [6.45, 7) is 1.68. The number of thioether (sulfide) groups is 1. The molecule has 2 heterocycles. The van der Waals surface area contributed by atoms with Gasteiger partial charge in [-0.25, -0.2) is 9.59 Å². The highest BCUT2D eigenvalue weighted by Crippen LogP contribution is 2.33. The second-order valence-corrected chi connectivity index (χ2v) is 10.2. The second-order valence-electron chi connectivity index (χ2n) is 8.77. The molecule has 0 radical (unpaired) electrons. The molecule has 0 saturated carbocycles. The zero-order valence-electron chi connectivity index (χ0n) is 22.1. The van der Waals surface area contributed by atoms with Crippen LogP contribution in [0.2, 0.25) is 5.02 Å². The van der Waals surface area contributed by atoms with Crippen molar-refractivity contribution in [2.75, 3.05) is 25.6 Å². The lowest BCUT2D eigenvalue weighted by Crippen LogP contribution is -2.36. The Labute approximate surface area is 244 Å². The third-order valence-electron chi connectivity index (χ3n) is 5.87. The number of anilines is 1. The summed E-state index contributed by atoms with van der Waals surface area (Å²) in [5.74, 6) is -1.55. The van der Waals surface area contributed by atoms with Crippen molar-refractivity contribution in [1.82, 2.24) is 4.90 Å². The number of unbranched alkanes of at least 4 members (excludes halogenated alkanes) is 1. The molecule has 1 aromatic heterocycles. The average Bonchev–Trinajstić information content (AvgIpc) is 3.54. The molecular formula is C29H25ClN2O8S. The van der Waals surface area contributed by atoms with E-state index in [1.165, 1.54) is 31.4 Å². The maximum Gasteiger partial charge on any atom is 0.339 e. The van der Waals surface area contributed by atoms with Gasteiger partial charge in [0, 0.05) is 17.3 Å². The molecule has 212 valence electrons. The average molecular weight is 597 g/mol. The topological polar surface area (TPSA) is 132 Å². The van der Waals surface area contributed by atoms with Gasteiger partial charge in [0.15, 0.2) is 0 Å². The molecule has 1 N–H and O–H groups in total. The van der Waals surface area contributed by atoms with E-state index in [0.29, 0.717) is 40.8 Å². The number of ether oxygens (including phenoxy) is 2. The monoisotopic (exact) mass is 596 g/mol. The molecule has 0 bridgehead atoms. The first-order valence-electron chi connectivity index (χ1n) is 12.5. The number of carbonyl (C=O) groups is 5. The molecule has 10 nitrogen and oxygen atoms in total. The molecule has 3 aromatic rings. The summed E-state index contributed by atoms with van der Waals surface area (Å²) in [5.41, 5.74) is 1.43. The Balaban J connectivity index is 1.39. The van der Waals surface area contributed by atoms with Gasteiger partial charge in [0.25, 0.3) is 11.1 Å². The predicted molar refractivity (Wildman–Crippen MR) is 153 cm³/mol. The highest BCUT2D eigenvalue weighted by atomic mass is 35.5. The number of amides is 3. The van der Waals surface area contributed by atoms with E-state index in [-0.39, 0.29) is 27.8 Å². The molecule has 0 atom stereocenters. The van der Waals surface area contributed by atoms with Crippen LogP contribution < -0.4 is 5.32 Å². The number of methoxy groups -OCH3 is 1. The molecule has 0 aliphatic carbocycles. The van der Waals surface area contributed by atoms with E-state index in [0.717, 1.165) is 11.3 Å². The summed E-state index contributed by atoms with van der Waals surface area (Å²) < 4.78 is 15.7. The van der Waals surface area contributed by atoms with E-state index in [9.17, 15) is 24.0 Å². The number of nitrogens with one attached hydrogen (secondary N) is 1. The van der Waals surface area contributed by atoms with Gasteiger partial charge in [-0.15, -0.1) is 0 Å². The maximum absolute atomic E-state index is 12.9. The normalized spacial score (nSPS) is 13.9. The Morgan fingerprint density at radius 3 is 2.51 bits per heavy atom. The number of furan rings is 1. The number of imide groups is 1. The van der Waals surface area contributed by atoms with Gasteiger partial charge in [-0.3, -0.25) is 19.3 Å². The number of halogens is 1. The van der Waals surface area contributed by atoms with Crippen molar-refractivity contribution in [1.29, 1.82) is 0 Å². The summed E-state index contributed by atoms with van der Waals surface area (Å²) in [5, 5.41) is 2.13. The zero-order valence-corrected chi connectivity index (χ0v) is 23.7. The van der Waals surface area contributed by atoms with E-state index in [2.05, 4.69) is 5.32 Å². The first-order valence-corrected chi connectivity index (χ1v) is 13.7. The van der Waals surface area contributed by atoms with Crippen molar-refractivity contribution in [3.05, 3.63) is 81.4 Å². The van der Waals surface area contributed by atoms with Crippen molar-refractivity contribution >= 4 is 64.1 Å². The minimum atomic E-state index is -0.646. The Kier molecular flexibility index (Phi) is 9.64. The molecule has 1 fully saturated rings. The van der Waals surface area contributed by atoms with Crippen molar-refractivity contribution < 1.29 is 37.9 Å². The standard InChI is InChI=1S/C29H25ClN2O8S/c1-3-4-13-39-28(36)21-14-19(9-11-22(21)30)31-25(33)16-32-26(34)24(41-29(32)37)15-20-10-12-23(40-20)17-5-7-18(8-6-17)27(35)38-2/h5-12,14-15H,3-4,13,16H2,1-2H3,(H,31,33)/b24-15+. The summed E-state index contributed by atoms with van der Waals surface area (Å²) in [4.78, 5) is 62.9. The lowest BCUT2D eigenvalue weighted by Gasteiger charge is -2.13. The fourth-order valence-corrected chi connectivity index (χ4v) is 4.74. The fourth-order valence-electron chi connectivity index (χ4n) is 3.73. The Morgan fingerprint density at radius 2 is 1.80 bits per heavy atom. The van der Waals surface area contributed by atoms with Crippen LogP contribution >= 0.6 is 23.4 Å². The van der Waals surface area contributed by atoms with Crippen LogP contribution in [0.1, 0.15) is 46.2 Å². The Morgan fingerprint density at radius 1 is 1.05 bits per heavy atom. The molecule has 1 aliphatic rings. The van der Waals surface area contributed by atoms with E-state index >= 15 is 0 Å². The minimum absolute atomic E-state index is 0.0897. The molecular weight excluding hydrogens is 572 g/mol. The van der Waals surface area contributed by atoms with Crippen LogP contribution in [0, 0.1) is 0 Å². The van der Waals surface area contributed by atoms with Crippen molar-refractivity contribution in [3.8, 4) is 11.3 Å². The second kappa shape index (κ2) is 13.3. The molecule has 2 aromatic carbocycles. The van der Waals surface area contributed by atoms with Crippen LogP contribution in [0.4, 0.5) is 10.5 Å². The van der Waals surface area contributed by atoms with Crippen molar-refractivity contribution in [3.63, 3.8) is 0 Å². The molecule has 1 aliphatic heterocycles. The summed E-state index contributed by atoms with van der Waals surface area (Å²) in [6, 6.07) is 14.2. The third kappa shape index (κ3) is 7.24. The maximum atomic E-state index is 12.9. The summed E-state index contributed by atoms with van der Waals surface area (Å²) in [6.07, 6.45) is 2.99. The van der Waals surface area contributed by atoms with Crippen molar-refractivity contribution in [2.24, 2.45) is 0 Å². The van der Waals surface area contributed by atoms with Crippen molar-refractivity contribution in [2.45, 2.75) is 19.8 Å². The van der Waals surface area contributed by atoms with Gasteiger partial charge >= 0.3 is 11.9 Å². The lowest BCUT2D eigenvalue weighted by atomic mass is 10.1. The van der Waals surface area contributed by atoms with Crippen LogP contribution in [-0.2, 0) is 19.1 Å². The van der Waals surface area contributed by atoms with Crippen LogP contribution in [-0.4, -0.2) is 54.2 Å². The molecule has 3 amide bonds. The molecule has 0 unspecified atom stereocenters. The number of rotatable bonds is 10. The van der Waals surface area contributed by atoms with Crippen LogP contribution in [0.25, 0.3) is 17.4 Å². The first-order chi connectivity index (χ1) is 19.7. The number of benzene rings is 2.